The fourth-order valence-corrected chi connectivity index (χ4v) is 1.81. The molecule has 0 unspecified atom stereocenters. The van der Waals surface area contributed by atoms with Crippen LogP contribution in [-0.2, 0) is 17.9 Å². The van der Waals surface area contributed by atoms with Crippen LogP contribution in [0, 0.1) is 0 Å². The molecule has 22 heavy (non-hydrogen) atoms. The van der Waals surface area contributed by atoms with E-state index >= 15 is 0 Å². The number of aliphatic imine (C=N–C) groups is 1. The molecule has 1 rings (SSSR count). The van der Waals surface area contributed by atoms with Crippen molar-refractivity contribution in [2.24, 2.45) is 4.99 Å². The van der Waals surface area contributed by atoms with Crippen LogP contribution in [0.25, 0.3) is 0 Å². The quantitative estimate of drug-likeness (QED) is 0.435. The third-order valence-electron chi connectivity index (χ3n) is 2.75. The molecular formula is C17H30IN3O. The Bertz CT molecular complexity index is 467. The van der Waals surface area contributed by atoms with Gasteiger partial charge in [0.2, 0.25) is 0 Å². The molecule has 0 fully saturated rings. The number of guanidine groups is 1. The van der Waals surface area contributed by atoms with Gasteiger partial charge in [-0.05, 0) is 45.7 Å². The molecule has 0 aromatic heterocycles. The van der Waals surface area contributed by atoms with Crippen molar-refractivity contribution in [2.75, 3.05) is 7.05 Å². The van der Waals surface area contributed by atoms with Crippen molar-refractivity contribution in [1.29, 1.82) is 0 Å². The fraction of sp³-hybridized carbons (Fsp3) is 0.588. The summed E-state index contributed by atoms with van der Waals surface area (Å²) in [6.45, 7) is 11.8. The van der Waals surface area contributed by atoms with E-state index in [1.165, 1.54) is 11.1 Å². The smallest absolute Gasteiger partial charge is 0.191 e. The van der Waals surface area contributed by atoms with E-state index in [1.54, 1.807) is 7.05 Å². The lowest BCUT2D eigenvalue weighted by Crippen LogP contribution is -2.47. The molecule has 0 radical (unpaired) electrons. The molecule has 0 aliphatic rings. The molecule has 0 bridgehead atoms. The summed E-state index contributed by atoms with van der Waals surface area (Å²) in [5.74, 6) is 0.811. The minimum atomic E-state index is -0.00516. The molecule has 0 aliphatic heterocycles. The van der Waals surface area contributed by atoms with Gasteiger partial charge in [-0.15, -0.1) is 24.0 Å². The summed E-state index contributed by atoms with van der Waals surface area (Å²) in [6.07, 6.45) is 0.251. The van der Waals surface area contributed by atoms with Gasteiger partial charge in [-0.1, -0.05) is 24.3 Å². The van der Waals surface area contributed by atoms with E-state index in [2.05, 4.69) is 60.7 Å². The standard InChI is InChI=1S/C17H29N3O.HI/c1-13(2)21-12-15-9-7-8-14(10-15)11-19-16(18-6)20-17(3,4)5;/h7-10,13H,11-12H2,1-6H3,(H2,18,19,20);1H. The monoisotopic (exact) mass is 419 g/mol. The number of nitrogens with zero attached hydrogens (tertiary/aromatic N) is 1. The number of rotatable bonds is 5. The van der Waals surface area contributed by atoms with E-state index in [0.717, 1.165) is 12.5 Å². The largest absolute Gasteiger partial charge is 0.374 e. The maximum absolute atomic E-state index is 5.64. The van der Waals surface area contributed by atoms with Gasteiger partial charge < -0.3 is 15.4 Å². The summed E-state index contributed by atoms with van der Waals surface area (Å²) in [5, 5.41) is 6.68. The normalized spacial score (nSPS) is 12.0. The number of halogens is 1. The van der Waals surface area contributed by atoms with Crippen molar-refractivity contribution in [3.05, 3.63) is 35.4 Å². The van der Waals surface area contributed by atoms with Crippen LogP contribution in [0.3, 0.4) is 0 Å². The first-order chi connectivity index (χ1) is 9.80. The van der Waals surface area contributed by atoms with Gasteiger partial charge in [0.05, 0.1) is 12.7 Å². The Morgan fingerprint density at radius 3 is 2.41 bits per heavy atom. The molecule has 126 valence electrons. The third kappa shape index (κ3) is 9.25. The van der Waals surface area contributed by atoms with Crippen LogP contribution in [0.15, 0.2) is 29.3 Å². The van der Waals surface area contributed by atoms with E-state index in [-0.39, 0.29) is 35.6 Å². The van der Waals surface area contributed by atoms with Crippen LogP contribution in [-0.4, -0.2) is 24.7 Å². The van der Waals surface area contributed by atoms with E-state index in [0.29, 0.717) is 6.61 Å². The average molecular weight is 419 g/mol. The molecule has 0 aliphatic carbocycles. The highest BCUT2D eigenvalue weighted by Crippen LogP contribution is 2.08. The number of ether oxygens (including phenoxy) is 1. The van der Waals surface area contributed by atoms with Crippen molar-refractivity contribution in [3.8, 4) is 0 Å². The lowest BCUT2D eigenvalue weighted by Gasteiger charge is -2.23. The van der Waals surface area contributed by atoms with Gasteiger partial charge in [0, 0.05) is 19.1 Å². The maximum atomic E-state index is 5.64. The topological polar surface area (TPSA) is 45.7 Å². The Balaban J connectivity index is 0.00000441. The highest BCUT2D eigenvalue weighted by molar-refractivity contribution is 14.0. The summed E-state index contributed by atoms with van der Waals surface area (Å²) >= 11 is 0. The Labute approximate surface area is 152 Å². The fourth-order valence-electron chi connectivity index (χ4n) is 1.81. The van der Waals surface area contributed by atoms with Crippen LogP contribution in [0.1, 0.15) is 45.7 Å². The van der Waals surface area contributed by atoms with Crippen LogP contribution >= 0.6 is 24.0 Å². The van der Waals surface area contributed by atoms with Crippen LogP contribution in [0.4, 0.5) is 0 Å². The second kappa shape index (κ2) is 10.0. The maximum Gasteiger partial charge on any atom is 0.191 e. The zero-order valence-corrected chi connectivity index (χ0v) is 16.9. The number of hydrogen-bond acceptors (Lipinski definition) is 2. The van der Waals surface area contributed by atoms with E-state index in [4.69, 9.17) is 4.74 Å². The molecule has 0 saturated carbocycles. The Morgan fingerprint density at radius 2 is 1.86 bits per heavy atom. The van der Waals surface area contributed by atoms with Gasteiger partial charge in [0.1, 0.15) is 0 Å². The van der Waals surface area contributed by atoms with Gasteiger partial charge in [-0.2, -0.15) is 0 Å². The van der Waals surface area contributed by atoms with Gasteiger partial charge in [-0.25, -0.2) is 0 Å². The van der Waals surface area contributed by atoms with Crippen molar-refractivity contribution < 1.29 is 4.74 Å². The number of hydrogen-bond donors (Lipinski definition) is 2. The highest BCUT2D eigenvalue weighted by atomic mass is 127. The Hall–Kier alpha value is -0.820. The summed E-state index contributed by atoms with van der Waals surface area (Å²) in [4.78, 5) is 4.24. The minimum Gasteiger partial charge on any atom is -0.374 e. The molecule has 1 aromatic rings. The average Bonchev–Trinajstić information content (AvgIpc) is 2.40. The van der Waals surface area contributed by atoms with Crippen molar-refractivity contribution in [1.82, 2.24) is 10.6 Å². The van der Waals surface area contributed by atoms with Crippen LogP contribution < -0.4 is 10.6 Å². The van der Waals surface area contributed by atoms with E-state index < -0.39 is 0 Å². The first-order valence-electron chi connectivity index (χ1n) is 7.48. The van der Waals surface area contributed by atoms with Crippen LogP contribution in [0.5, 0.6) is 0 Å². The Kier molecular flexibility index (Phi) is 9.67. The predicted molar refractivity (Wildman–Crippen MR) is 105 cm³/mol. The molecule has 0 atom stereocenters. The first-order valence-corrected chi connectivity index (χ1v) is 7.48. The lowest BCUT2D eigenvalue weighted by atomic mass is 10.1. The number of benzene rings is 1. The predicted octanol–water partition coefficient (Wildman–Crippen LogP) is 3.69. The lowest BCUT2D eigenvalue weighted by molar-refractivity contribution is 0.0657. The molecule has 2 N–H and O–H groups in total. The van der Waals surface area contributed by atoms with Crippen molar-refractivity contribution in [3.63, 3.8) is 0 Å². The van der Waals surface area contributed by atoms with Crippen molar-refractivity contribution >= 4 is 29.9 Å². The molecule has 0 amide bonds. The van der Waals surface area contributed by atoms with Gasteiger partial charge in [0.25, 0.3) is 0 Å². The zero-order valence-electron chi connectivity index (χ0n) is 14.6. The minimum absolute atomic E-state index is 0. The zero-order chi connectivity index (χ0) is 15.9. The number of nitrogens with one attached hydrogen (secondary N) is 2. The van der Waals surface area contributed by atoms with E-state index in [9.17, 15) is 0 Å². The molecule has 1 aromatic carbocycles. The van der Waals surface area contributed by atoms with Gasteiger partial charge >= 0.3 is 0 Å². The second-order valence-corrected chi connectivity index (χ2v) is 6.48. The molecule has 4 nitrogen and oxygen atoms in total. The van der Waals surface area contributed by atoms with Crippen molar-refractivity contribution in [2.45, 2.75) is 59.4 Å². The van der Waals surface area contributed by atoms with Crippen LogP contribution in [0.2, 0.25) is 0 Å². The summed E-state index contributed by atoms with van der Waals surface area (Å²) in [7, 11) is 1.79. The summed E-state index contributed by atoms with van der Waals surface area (Å²) in [5.41, 5.74) is 2.41. The second-order valence-electron chi connectivity index (χ2n) is 6.48. The first kappa shape index (κ1) is 21.2. The highest BCUT2D eigenvalue weighted by Gasteiger charge is 2.11. The Morgan fingerprint density at radius 1 is 1.23 bits per heavy atom. The van der Waals surface area contributed by atoms with Gasteiger partial charge in [0.15, 0.2) is 5.96 Å². The molecular weight excluding hydrogens is 389 g/mol. The third-order valence-corrected chi connectivity index (χ3v) is 2.75. The SMILES string of the molecule is CN=C(NCc1cccc(COC(C)C)c1)NC(C)(C)C.I. The molecule has 5 heteroatoms. The molecule has 0 saturated heterocycles. The summed E-state index contributed by atoms with van der Waals surface area (Å²) in [6, 6.07) is 8.43. The summed E-state index contributed by atoms with van der Waals surface area (Å²) < 4.78 is 5.64. The van der Waals surface area contributed by atoms with E-state index in [1.807, 2.05) is 13.8 Å². The van der Waals surface area contributed by atoms with Gasteiger partial charge in [-0.3, -0.25) is 4.99 Å². The molecule has 0 heterocycles. The molecule has 0 spiro atoms.